The van der Waals surface area contributed by atoms with Gasteiger partial charge in [0, 0.05) is 32.5 Å². The van der Waals surface area contributed by atoms with Crippen LogP contribution in [-0.2, 0) is 14.2 Å². The van der Waals surface area contributed by atoms with E-state index in [-0.39, 0.29) is 6.10 Å². The second-order valence-corrected chi connectivity index (χ2v) is 5.45. The van der Waals surface area contributed by atoms with Crippen LogP contribution in [0.25, 0.3) is 0 Å². The smallest absolute Gasteiger partial charge is 0.191 e. The normalized spacial score (nSPS) is 30.6. The molecule has 1 spiro atoms. The first kappa shape index (κ1) is 13.1. The van der Waals surface area contributed by atoms with Gasteiger partial charge in [0.2, 0.25) is 0 Å². The van der Waals surface area contributed by atoms with Crippen molar-refractivity contribution in [2.45, 2.75) is 43.6 Å². The Bertz CT molecular complexity index is 338. The molecular weight excluding hydrogens is 246 g/mol. The van der Waals surface area contributed by atoms with Crippen LogP contribution >= 0.6 is 0 Å². The Morgan fingerprint density at radius 3 is 2.79 bits per heavy atom. The van der Waals surface area contributed by atoms with E-state index in [9.17, 15) is 0 Å². The van der Waals surface area contributed by atoms with Crippen LogP contribution in [0.1, 0.15) is 25.7 Å². The third-order valence-corrected chi connectivity index (χ3v) is 3.81. The zero-order valence-electron chi connectivity index (χ0n) is 11.5. The third kappa shape index (κ3) is 3.38. The Hall–Kier alpha value is -0.850. The average molecular weight is 269 g/mol. The maximum absolute atomic E-state index is 6.06. The number of hydrogen-bond donors (Lipinski definition) is 2. The minimum atomic E-state index is -0.391. The van der Waals surface area contributed by atoms with Gasteiger partial charge in [-0.25, -0.2) is 0 Å². The highest BCUT2D eigenvalue weighted by Crippen LogP contribution is 2.32. The van der Waals surface area contributed by atoms with Crippen LogP contribution in [0, 0.1) is 0 Å². The lowest BCUT2D eigenvalue weighted by molar-refractivity contribution is -0.210. The molecule has 1 aliphatic carbocycles. The number of nitrogens with zero attached hydrogens (tertiary/aromatic N) is 1. The average Bonchev–Trinajstić information content (AvgIpc) is 3.18. The number of nitrogens with one attached hydrogen (secondary N) is 2. The fraction of sp³-hybridized carbons (Fsp3) is 0.923. The molecular formula is C13H23N3O3. The molecule has 108 valence electrons. The lowest BCUT2D eigenvalue weighted by atomic mass is 10.1. The highest BCUT2D eigenvalue weighted by Gasteiger charge is 2.42. The lowest BCUT2D eigenvalue weighted by Gasteiger charge is -2.31. The van der Waals surface area contributed by atoms with Crippen molar-refractivity contribution in [2.24, 2.45) is 4.99 Å². The van der Waals surface area contributed by atoms with Crippen LogP contribution in [0.2, 0.25) is 0 Å². The maximum Gasteiger partial charge on any atom is 0.191 e. The molecule has 2 aliphatic heterocycles. The molecule has 6 heteroatoms. The van der Waals surface area contributed by atoms with Crippen molar-refractivity contribution in [2.75, 3.05) is 33.4 Å². The topological polar surface area (TPSA) is 64.1 Å². The van der Waals surface area contributed by atoms with E-state index in [1.807, 2.05) is 0 Å². The minimum Gasteiger partial charge on any atom is -0.381 e. The van der Waals surface area contributed by atoms with Crippen LogP contribution in [0.15, 0.2) is 4.99 Å². The molecule has 0 bridgehead atoms. The third-order valence-electron chi connectivity index (χ3n) is 3.81. The minimum absolute atomic E-state index is 0.0934. The van der Waals surface area contributed by atoms with Crippen molar-refractivity contribution in [1.29, 1.82) is 0 Å². The number of aliphatic imine (C=N–C) groups is 1. The van der Waals surface area contributed by atoms with E-state index in [0.29, 0.717) is 12.6 Å². The SMILES string of the molecule is CN=C(NCC1COC2(CCOCC2)O1)NC1CC1. The number of rotatable bonds is 3. The van der Waals surface area contributed by atoms with Gasteiger partial charge >= 0.3 is 0 Å². The van der Waals surface area contributed by atoms with E-state index in [0.717, 1.165) is 38.6 Å². The molecule has 0 radical (unpaired) electrons. The highest BCUT2D eigenvalue weighted by molar-refractivity contribution is 5.80. The molecule has 6 nitrogen and oxygen atoms in total. The Kier molecular flexibility index (Phi) is 3.91. The van der Waals surface area contributed by atoms with Gasteiger partial charge < -0.3 is 24.8 Å². The summed E-state index contributed by atoms with van der Waals surface area (Å²) in [7, 11) is 1.80. The van der Waals surface area contributed by atoms with Crippen LogP contribution in [0.5, 0.6) is 0 Å². The van der Waals surface area contributed by atoms with Gasteiger partial charge in [0.15, 0.2) is 11.7 Å². The molecule has 0 aromatic heterocycles. The lowest BCUT2D eigenvalue weighted by Crippen LogP contribution is -2.43. The zero-order chi connectivity index (χ0) is 13.1. The molecule has 3 rings (SSSR count). The molecule has 1 atom stereocenters. The molecule has 19 heavy (non-hydrogen) atoms. The molecule has 1 unspecified atom stereocenters. The van der Waals surface area contributed by atoms with Gasteiger partial charge in [-0.3, -0.25) is 4.99 Å². The Morgan fingerprint density at radius 2 is 2.11 bits per heavy atom. The van der Waals surface area contributed by atoms with Crippen molar-refractivity contribution in [3.8, 4) is 0 Å². The molecule has 2 saturated heterocycles. The van der Waals surface area contributed by atoms with Crippen molar-refractivity contribution < 1.29 is 14.2 Å². The molecule has 0 aromatic rings. The molecule has 0 amide bonds. The summed E-state index contributed by atoms with van der Waals surface area (Å²) in [6, 6.07) is 0.605. The van der Waals surface area contributed by atoms with Crippen molar-refractivity contribution in [3.63, 3.8) is 0 Å². The Labute approximate surface area is 113 Å². The van der Waals surface area contributed by atoms with E-state index in [1.165, 1.54) is 12.8 Å². The molecule has 2 heterocycles. The molecule has 0 aromatic carbocycles. The van der Waals surface area contributed by atoms with E-state index < -0.39 is 5.79 Å². The highest BCUT2D eigenvalue weighted by atomic mass is 16.7. The molecule has 3 fully saturated rings. The second-order valence-electron chi connectivity index (χ2n) is 5.45. The van der Waals surface area contributed by atoms with Gasteiger partial charge in [0.25, 0.3) is 0 Å². The summed E-state index contributed by atoms with van der Waals surface area (Å²) in [4.78, 5) is 4.21. The van der Waals surface area contributed by atoms with Crippen LogP contribution in [0.3, 0.4) is 0 Å². The summed E-state index contributed by atoms with van der Waals surface area (Å²) < 4.78 is 17.3. The fourth-order valence-corrected chi connectivity index (χ4v) is 2.49. The van der Waals surface area contributed by atoms with Gasteiger partial charge in [-0.2, -0.15) is 0 Å². The standard InChI is InChI=1S/C13H23N3O3/c1-14-12(16-10-2-3-10)15-8-11-9-18-13(19-11)4-6-17-7-5-13/h10-11H,2-9H2,1H3,(H2,14,15,16). The van der Waals surface area contributed by atoms with E-state index in [2.05, 4.69) is 15.6 Å². The van der Waals surface area contributed by atoms with Crippen molar-refractivity contribution in [1.82, 2.24) is 10.6 Å². The summed E-state index contributed by atoms with van der Waals surface area (Å²) in [6.07, 6.45) is 4.24. The summed E-state index contributed by atoms with van der Waals surface area (Å²) in [5, 5.41) is 6.67. The van der Waals surface area contributed by atoms with E-state index in [4.69, 9.17) is 14.2 Å². The van der Waals surface area contributed by atoms with Crippen molar-refractivity contribution >= 4 is 5.96 Å². The summed E-state index contributed by atoms with van der Waals surface area (Å²) in [6.45, 7) is 2.83. The van der Waals surface area contributed by atoms with E-state index >= 15 is 0 Å². The second kappa shape index (κ2) is 5.64. The first-order chi connectivity index (χ1) is 9.30. The van der Waals surface area contributed by atoms with E-state index in [1.54, 1.807) is 7.05 Å². The van der Waals surface area contributed by atoms with Gasteiger partial charge in [0.1, 0.15) is 6.10 Å². The summed E-state index contributed by atoms with van der Waals surface area (Å²) in [5.41, 5.74) is 0. The Balaban J connectivity index is 1.43. The fourth-order valence-electron chi connectivity index (χ4n) is 2.49. The van der Waals surface area contributed by atoms with Gasteiger partial charge in [-0.1, -0.05) is 0 Å². The predicted molar refractivity (Wildman–Crippen MR) is 71.1 cm³/mol. The van der Waals surface area contributed by atoms with Crippen molar-refractivity contribution in [3.05, 3.63) is 0 Å². The first-order valence-electron chi connectivity index (χ1n) is 7.16. The van der Waals surface area contributed by atoms with Crippen LogP contribution < -0.4 is 10.6 Å². The monoisotopic (exact) mass is 269 g/mol. The maximum atomic E-state index is 6.06. The number of hydrogen-bond acceptors (Lipinski definition) is 4. The van der Waals surface area contributed by atoms with Gasteiger partial charge in [-0.15, -0.1) is 0 Å². The quantitative estimate of drug-likeness (QED) is 0.567. The largest absolute Gasteiger partial charge is 0.381 e. The summed E-state index contributed by atoms with van der Waals surface area (Å²) >= 11 is 0. The Morgan fingerprint density at radius 1 is 1.32 bits per heavy atom. The summed E-state index contributed by atoms with van der Waals surface area (Å²) in [5.74, 6) is 0.469. The first-order valence-corrected chi connectivity index (χ1v) is 7.16. The zero-order valence-corrected chi connectivity index (χ0v) is 11.5. The van der Waals surface area contributed by atoms with Gasteiger partial charge in [-0.05, 0) is 12.8 Å². The van der Waals surface area contributed by atoms with Gasteiger partial charge in [0.05, 0.1) is 19.8 Å². The molecule has 3 aliphatic rings. The molecule has 1 saturated carbocycles. The molecule has 2 N–H and O–H groups in total. The van der Waals surface area contributed by atoms with Crippen LogP contribution in [0.4, 0.5) is 0 Å². The number of guanidine groups is 1. The number of ether oxygens (including phenoxy) is 3. The predicted octanol–water partition coefficient (Wildman–Crippen LogP) is 0.236. The van der Waals surface area contributed by atoms with Crippen LogP contribution in [-0.4, -0.2) is 57.3 Å².